The average molecular weight is 827 g/mol. The molecule has 0 bridgehead atoms. The lowest BCUT2D eigenvalue weighted by atomic mass is 10.0. The van der Waals surface area contributed by atoms with Crippen LogP contribution in [-0.2, 0) is 27.9 Å². The third-order valence-electron chi connectivity index (χ3n) is 9.38. The molecule has 0 aliphatic carbocycles. The molecule has 0 saturated carbocycles. The normalized spacial score (nSPS) is 15.4. The molecule has 4 atom stereocenters. The second-order valence-corrected chi connectivity index (χ2v) is 17.5. The Balaban J connectivity index is 4.53. The van der Waals surface area contributed by atoms with Gasteiger partial charge in [0.05, 0.1) is 46.2 Å². The Morgan fingerprint density at radius 3 is 1.72 bits per heavy atom. The van der Waals surface area contributed by atoms with Crippen molar-refractivity contribution in [3.8, 4) is 0 Å². The maximum atomic E-state index is 12.5. The molecule has 3 N–H and O–H groups in total. The maximum absolute atomic E-state index is 12.5. The van der Waals surface area contributed by atoms with Crippen LogP contribution in [0.1, 0.15) is 162 Å². The van der Waals surface area contributed by atoms with Gasteiger partial charge in [0.25, 0.3) is 0 Å². The van der Waals surface area contributed by atoms with Crippen LogP contribution in [0.25, 0.3) is 0 Å². The summed E-state index contributed by atoms with van der Waals surface area (Å²) in [5, 5.41) is 20.7. The van der Waals surface area contributed by atoms with Gasteiger partial charge in [-0.15, -0.1) is 0 Å². The number of unbranched alkanes of at least 4 members (excludes halogenated alkanes) is 14. The van der Waals surface area contributed by atoms with Crippen molar-refractivity contribution < 1.29 is 47.5 Å². The topological polar surface area (TPSA) is 132 Å². The molecule has 0 rings (SSSR count). The van der Waals surface area contributed by atoms with E-state index in [4.69, 9.17) is 18.5 Å². The standard InChI is InChI=1S/C46H84NO9P/c1-6-8-10-12-14-16-18-20-21-22-23-25-27-29-31-33-39-53-43(42-56-57(51,52)55-40-38-47(3,4)5)41-54-46(50)37-34-36-45(49)44(48)35-32-30-28-26-24-19-17-15-13-11-9-7-2/h9,11,15,17,24,26,30,32-33,39,43-45,48-49H,6-8,10,12-14,16,18-23,25,27-29,31,34-38,40-42H2,1-5H3/p+1/b11-9-,17-15-,26-24-,32-30-,39-33+/t43-,44+,45+/m1/s1. The van der Waals surface area contributed by atoms with Gasteiger partial charge in [-0.2, -0.15) is 0 Å². The summed E-state index contributed by atoms with van der Waals surface area (Å²) in [4.78, 5) is 22.7. The number of carbonyl (C=O) groups excluding carboxylic acids is 1. The number of likely N-dealkylation sites (N-methyl/N-ethyl adjacent to an activating group) is 1. The Morgan fingerprint density at radius 1 is 0.649 bits per heavy atom. The molecule has 0 aliphatic rings. The van der Waals surface area contributed by atoms with Crippen molar-refractivity contribution >= 4 is 13.8 Å². The van der Waals surface area contributed by atoms with E-state index in [1.165, 1.54) is 77.0 Å². The highest BCUT2D eigenvalue weighted by Gasteiger charge is 2.26. The minimum atomic E-state index is -4.34. The molecule has 332 valence electrons. The molecule has 1 unspecified atom stereocenters. The molecule has 0 spiro atoms. The van der Waals surface area contributed by atoms with E-state index in [0.29, 0.717) is 23.9 Å². The van der Waals surface area contributed by atoms with E-state index >= 15 is 0 Å². The highest BCUT2D eigenvalue weighted by molar-refractivity contribution is 7.47. The van der Waals surface area contributed by atoms with E-state index < -0.39 is 32.1 Å². The Morgan fingerprint density at radius 2 is 1.18 bits per heavy atom. The number of phosphoric ester groups is 1. The van der Waals surface area contributed by atoms with Crippen molar-refractivity contribution in [2.75, 3.05) is 47.5 Å². The molecule has 11 heteroatoms. The van der Waals surface area contributed by atoms with Crippen molar-refractivity contribution in [3.05, 3.63) is 60.9 Å². The van der Waals surface area contributed by atoms with Gasteiger partial charge in [-0.3, -0.25) is 13.8 Å². The molecular weight excluding hydrogens is 741 g/mol. The second-order valence-electron chi connectivity index (χ2n) is 16.1. The lowest BCUT2D eigenvalue weighted by molar-refractivity contribution is -0.870. The summed E-state index contributed by atoms with van der Waals surface area (Å²) in [6.07, 6.45) is 41.0. The minimum Gasteiger partial charge on any atom is -0.492 e. The van der Waals surface area contributed by atoms with E-state index in [2.05, 4.69) is 50.3 Å². The number of ether oxygens (including phenoxy) is 2. The highest BCUT2D eigenvalue weighted by atomic mass is 31.2. The average Bonchev–Trinajstić information content (AvgIpc) is 3.16. The summed E-state index contributed by atoms with van der Waals surface area (Å²) in [6, 6.07) is 0. The molecule has 0 amide bonds. The lowest BCUT2D eigenvalue weighted by Gasteiger charge is -2.24. The molecule has 0 radical (unpaired) electrons. The van der Waals surface area contributed by atoms with Gasteiger partial charge in [0, 0.05) is 6.42 Å². The van der Waals surface area contributed by atoms with Gasteiger partial charge >= 0.3 is 13.8 Å². The molecule has 0 aromatic rings. The SMILES string of the molecule is CC/C=C\C/C=C\C/C=C\C/C=C\C[C@H](O)[C@@H](O)CCCC(=O)OC[C@H](COP(=O)(O)OCC[N+](C)(C)C)O/C=C/CCCCCCCCCCCCCCCC. The van der Waals surface area contributed by atoms with Gasteiger partial charge in [-0.05, 0) is 63.9 Å². The summed E-state index contributed by atoms with van der Waals surface area (Å²) in [5.74, 6) is -0.498. The van der Waals surface area contributed by atoms with Gasteiger partial charge < -0.3 is 29.1 Å². The summed E-state index contributed by atoms with van der Waals surface area (Å²) in [5.41, 5.74) is 0. The molecule has 0 saturated heterocycles. The maximum Gasteiger partial charge on any atom is 0.472 e. The molecule has 0 fully saturated rings. The predicted molar refractivity (Wildman–Crippen MR) is 236 cm³/mol. The van der Waals surface area contributed by atoms with Gasteiger partial charge in [-0.1, -0.05) is 146 Å². The Hall–Kier alpha value is -2.04. The largest absolute Gasteiger partial charge is 0.492 e. The Bertz CT molecular complexity index is 1130. The van der Waals surface area contributed by atoms with Crippen LogP contribution in [0.4, 0.5) is 0 Å². The van der Waals surface area contributed by atoms with E-state index in [1.54, 1.807) is 6.26 Å². The monoisotopic (exact) mass is 827 g/mol. The third kappa shape index (κ3) is 40.5. The number of quaternary nitrogens is 1. The summed E-state index contributed by atoms with van der Waals surface area (Å²) in [7, 11) is 1.51. The zero-order valence-electron chi connectivity index (χ0n) is 36.8. The minimum absolute atomic E-state index is 0.0425. The van der Waals surface area contributed by atoms with Gasteiger partial charge in [0.15, 0.2) is 6.10 Å². The summed E-state index contributed by atoms with van der Waals surface area (Å²) >= 11 is 0. The third-order valence-corrected chi connectivity index (χ3v) is 10.4. The smallest absolute Gasteiger partial charge is 0.472 e. The molecule has 0 aromatic heterocycles. The number of hydrogen-bond donors (Lipinski definition) is 3. The number of aliphatic hydroxyl groups is 2. The molecular formula is C46H85NO9P+. The molecule has 0 aliphatic heterocycles. The fourth-order valence-electron chi connectivity index (χ4n) is 5.74. The first-order valence-electron chi connectivity index (χ1n) is 22.2. The lowest BCUT2D eigenvalue weighted by Crippen LogP contribution is -2.37. The molecule has 57 heavy (non-hydrogen) atoms. The van der Waals surface area contributed by atoms with Crippen molar-refractivity contribution in [2.45, 2.75) is 180 Å². The number of rotatable bonds is 40. The van der Waals surface area contributed by atoms with Crippen molar-refractivity contribution in [2.24, 2.45) is 0 Å². The first-order valence-corrected chi connectivity index (χ1v) is 23.7. The number of hydrogen-bond acceptors (Lipinski definition) is 8. The fourth-order valence-corrected chi connectivity index (χ4v) is 6.48. The van der Waals surface area contributed by atoms with Crippen molar-refractivity contribution in [3.63, 3.8) is 0 Å². The number of allylic oxidation sites excluding steroid dienone is 8. The Kier molecular flexibility index (Phi) is 36.8. The first kappa shape index (κ1) is 55.0. The van der Waals surface area contributed by atoms with Gasteiger partial charge in [0.1, 0.15) is 19.8 Å². The predicted octanol–water partition coefficient (Wildman–Crippen LogP) is 11.2. The van der Waals surface area contributed by atoms with Crippen molar-refractivity contribution in [1.29, 1.82) is 0 Å². The Labute approximate surface area is 348 Å². The highest BCUT2D eigenvalue weighted by Crippen LogP contribution is 2.43. The number of phosphoric acid groups is 1. The second kappa shape index (κ2) is 38.2. The van der Waals surface area contributed by atoms with E-state index in [0.717, 1.165) is 44.9 Å². The molecule has 0 aromatic carbocycles. The zero-order valence-corrected chi connectivity index (χ0v) is 37.7. The van der Waals surface area contributed by atoms with Gasteiger partial charge in [-0.25, -0.2) is 4.57 Å². The van der Waals surface area contributed by atoms with E-state index in [-0.39, 0.29) is 32.7 Å². The molecule has 10 nitrogen and oxygen atoms in total. The van der Waals surface area contributed by atoms with Crippen LogP contribution >= 0.6 is 7.82 Å². The van der Waals surface area contributed by atoms with Crippen LogP contribution in [0.5, 0.6) is 0 Å². The van der Waals surface area contributed by atoms with Gasteiger partial charge in [0.2, 0.25) is 0 Å². The van der Waals surface area contributed by atoms with Crippen LogP contribution in [0.2, 0.25) is 0 Å². The first-order chi connectivity index (χ1) is 27.4. The zero-order chi connectivity index (χ0) is 42.3. The number of carbonyl (C=O) groups is 1. The van der Waals surface area contributed by atoms with Crippen LogP contribution < -0.4 is 0 Å². The van der Waals surface area contributed by atoms with E-state index in [1.807, 2.05) is 39.4 Å². The summed E-state index contributed by atoms with van der Waals surface area (Å²) in [6.45, 7) is 4.45. The van der Waals surface area contributed by atoms with Crippen LogP contribution in [0.3, 0.4) is 0 Å². The van der Waals surface area contributed by atoms with Crippen molar-refractivity contribution in [1.82, 2.24) is 0 Å². The number of nitrogens with zero attached hydrogens (tertiary/aromatic N) is 1. The summed E-state index contributed by atoms with van der Waals surface area (Å²) < 4.78 is 34.5. The molecule has 0 heterocycles. The fraction of sp³-hybridized carbons (Fsp3) is 0.761. The number of esters is 1. The van der Waals surface area contributed by atoms with Crippen LogP contribution in [-0.4, -0.2) is 91.4 Å². The van der Waals surface area contributed by atoms with Crippen LogP contribution in [0.15, 0.2) is 60.9 Å². The quantitative estimate of drug-likeness (QED) is 0.0138. The van der Waals surface area contributed by atoms with E-state index in [9.17, 15) is 24.5 Å². The number of aliphatic hydroxyl groups excluding tert-OH is 2. The van der Waals surface area contributed by atoms with Crippen LogP contribution in [0, 0.1) is 0 Å².